The fourth-order valence-electron chi connectivity index (χ4n) is 1.23. The zero-order valence-corrected chi connectivity index (χ0v) is 12.1. The zero-order chi connectivity index (χ0) is 13.1. The Balaban J connectivity index is 2.53. The third kappa shape index (κ3) is 5.17. The molecule has 0 unspecified atom stereocenters. The Morgan fingerprint density at radius 1 is 1.47 bits per heavy atom. The molecule has 1 N–H and O–H groups in total. The van der Waals surface area contributed by atoms with Crippen molar-refractivity contribution in [2.45, 2.75) is 39.8 Å². The summed E-state index contributed by atoms with van der Waals surface area (Å²) in [5, 5.41) is 2.70. The van der Waals surface area contributed by atoms with Crippen LogP contribution in [0.2, 0.25) is 0 Å². The molecule has 4 nitrogen and oxygen atoms in total. The van der Waals surface area contributed by atoms with Crippen LogP contribution in [0, 0.1) is 6.92 Å². The van der Waals surface area contributed by atoms with Crippen LogP contribution in [0.25, 0.3) is 0 Å². The molecule has 1 aromatic rings. The van der Waals surface area contributed by atoms with Gasteiger partial charge in [-0.15, -0.1) is 0 Å². The van der Waals surface area contributed by atoms with E-state index in [0.29, 0.717) is 6.54 Å². The van der Waals surface area contributed by atoms with E-state index in [2.05, 4.69) is 26.2 Å². The minimum Gasteiger partial charge on any atom is -0.444 e. The summed E-state index contributed by atoms with van der Waals surface area (Å²) in [6.45, 7) is 7.81. The number of halogens is 1. The molecule has 0 atom stereocenters. The van der Waals surface area contributed by atoms with Crippen LogP contribution in [0.5, 0.6) is 0 Å². The van der Waals surface area contributed by atoms with E-state index < -0.39 is 11.7 Å². The second-order valence-electron chi connectivity index (χ2n) is 4.73. The molecule has 0 saturated heterocycles. The summed E-state index contributed by atoms with van der Waals surface area (Å²) in [6.07, 6.45) is -0.417. The van der Waals surface area contributed by atoms with Crippen LogP contribution in [0.1, 0.15) is 32.0 Å². The molecule has 0 spiro atoms. The minimum atomic E-state index is -0.475. The van der Waals surface area contributed by atoms with E-state index in [4.69, 9.17) is 4.74 Å². The molecule has 0 fully saturated rings. The number of ether oxygens (including phenoxy) is 1. The number of amides is 1. The van der Waals surface area contributed by atoms with Gasteiger partial charge in [0.15, 0.2) is 0 Å². The summed E-state index contributed by atoms with van der Waals surface area (Å²) in [6, 6.07) is 3.77. The normalized spacial score (nSPS) is 11.1. The second kappa shape index (κ2) is 5.49. The van der Waals surface area contributed by atoms with E-state index >= 15 is 0 Å². The van der Waals surface area contributed by atoms with E-state index in [1.807, 2.05) is 39.8 Å². The van der Waals surface area contributed by atoms with Gasteiger partial charge in [0.1, 0.15) is 10.2 Å². The third-order valence-corrected chi connectivity index (χ3v) is 2.42. The zero-order valence-electron chi connectivity index (χ0n) is 10.5. The molecule has 0 aliphatic heterocycles. The Labute approximate surface area is 110 Å². The van der Waals surface area contributed by atoms with E-state index in [9.17, 15) is 4.79 Å². The van der Waals surface area contributed by atoms with Crippen molar-refractivity contribution in [2.24, 2.45) is 0 Å². The molecule has 0 bridgehead atoms. The number of nitrogens with zero attached hydrogens (tertiary/aromatic N) is 1. The van der Waals surface area contributed by atoms with Gasteiger partial charge in [-0.25, -0.2) is 9.78 Å². The molecule has 0 aliphatic rings. The molecule has 0 radical (unpaired) electrons. The van der Waals surface area contributed by atoms with Crippen LogP contribution in [0.3, 0.4) is 0 Å². The van der Waals surface area contributed by atoms with Crippen molar-refractivity contribution in [2.75, 3.05) is 0 Å². The summed E-state index contributed by atoms with van der Waals surface area (Å²) in [5.41, 5.74) is 1.38. The van der Waals surface area contributed by atoms with Gasteiger partial charge in [0.05, 0.1) is 0 Å². The first-order chi connectivity index (χ1) is 7.78. The van der Waals surface area contributed by atoms with Crippen LogP contribution < -0.4 is 5.32 Å². The number of carbonyl (C=O) groups is 1. The predicted octanol–water partition coefficient (Wildman–Crippen LogP) is 3.18. The molecular weight excluding hydrogens is 284 g/mol. The molecule has 0 aromatic carbocycles. The molecule has 1 rings (SSSR count). The van der Waals surface area contributed by atoms with Crippen LogP contribution in [0.4, 0.5) is 4.79 Å². The monoisotopic (exact) mass is 300 g/mol. The highest BCUT2D eigenvalue weighted by atomic mass is 79.9. The Hall–Kier alpha value is -1.10. The Morgan fingerprint density at radius 3 is 2.65 bits per heavy atom. The first kappa shape index (κ1) is 14.0. The van der Waals surface area contributed by atoms with Crippen molar-refractivity contribution in [1.29, 1.82) is 0 Å². The molecule has 17 heavy (non-hydrogen) atoms. The predicted molar refractivity (Wildman–Crippen MR) is 69.7 cm³/mol. The molecule has 0 saturated carbocycles. The van der Waals surface area contributed by atoms with E-state index in [1.165, 1.54) is 0 Å². The van der Waals surface area contributed by atoms with Crippen molar-refractivity contribution < 1.29 is 9.53 Å². The van der Waals surface area contributed by atoms with Gasteiger partial charge >= 0.3 is 6.09 Å². The first-order valence-corrected chi connectivity index (χ1v) is 6.16. The lowest BCUT2D eigenvalue weighted by Crippen LogP contribution is -2.32. The summed E-state index contributed by atoms with van der Waals surface area (Å²) in [5.74, 6) is 0. The number of hydrogen-bond donors (Lipinski definition) is 1. The number of pyridine rings is 1. The topological polar surface area (TPSA) is 51.2 Å². The average molecular weight is 301 g/mol. The first-order valence-electron chi connectivity index (χ1n) is 5.37. The number of rotatable bonds is 2. The standard InChI is InChI=1S/C12H17BrN2O2/c1-8-9(5-6-10(13)15-8)7-14-11(16)17-12(2,3)4/h5-6H,7H2,1-4H3,(H,14,16). The number of carbonyl (C=O) groups excluding carboxylic acids is 1. The van der Waals surface area contributed by atoms with Gasteiger partial charge in [-0.3, -0.25) is 0 Å². The van der Waals surface area contributed by atoms with Crippen molar-refractivity contribution in [3.05, 3.63) is 28.0 Å². The Kier molecular flexibility index (Phi) is 4.51. The fourth-order valence-corrected chi connectivity index (χ4v) is 1.63. The van der Waals surface area contributed by atoms with Crippen LogP contribution in [-0.4, -0.2) is 16.7 Å². The Morgan fingerprint density at radius 2 is 2.12 bits per heavy atom. The highest BCUT2D eigenvalue weighted by Crippen LogP contribution is 2.12. The van der Waals surface area contributed by atoms with Gasteiger partial charge in [0.25, 0.3) is 0 Å². The maximum atomic E-state index is 11.4. The molecule has 94 valence electrons. The van der Waals surface area contributed by atoms with Gasteiger partial charge in [-0.2, -0.15) is 0 Å². The van der Waals surface area contributed by atoms with Gasteiger partial charge in [-0.05, 0) is 55.3 Å². The fraction of sp³-hybridized carbons (Fsp3) is 0.500. The molecule has 1 aromatic heterocycles. The van der Waals surface area contributed by atoms with Crippen LogP contribution >= 0.6 is 15.9 Å². The molecule has 5 heteroatoms. The Bertz CT molecular complexity index is 413. The van der Waals surface area contributed by atoms with Gasteiger partial charge in [0.2, 0.25) is 0 Å². The van der Waals surface area contributed by atoms with E-state index in [-0.39, 0.29) is 0 Å². The SMILES string of the molecule is Cc1nc(Br)ccc1CNC(=O)OC(C)(C)C. The minimum absolute atomic E-state index is 0.417. The second-order valence-corrected chi connectivity index (χ2v) is 5.55. The smallest absolute Gasteiger partial charge is 0.407 e. The highest BCUT2D eigenvalue weighted by molar-refractivity contribution is 9.10. The van der Waals surface area contributed by atoms with E-state index in [0.717, 1.165) is 15.9 Å². The molecule has 0 aliphatic carbocycles. The number of aryl methyl sites for hydroxylation is 1. The van der Waals surface area contributed by atoms with Gasteiger partial charge in [-0.1, -0.05) is 6.07 Å². The van der Waals surface area contributed by atoms with E-state index in [1.54, 1.807) is 0 Å². The van der Waals surface area contributed by atoms with Crippen molar-refractivity contribution in [3.63, 3.8) is 0 Å². The number of hydrogen-bond acceptors (Lipinski definition) is 3. The quantitative estimate of drug-likeness (QED) is 0.854. The van der Waals surface area contributed by atoms with Crippen molar-refractivity contribution in [3.8, 4) is 0 Å². The average Bonchev–Trinajstić information content (AvgIpc) is 2.13. The summed E-state index contributed by atoms with van der Waals surface area (Å²) >= 11 is 3.29. The lowest BCUT2D eigenvalue weighted by Gasteiger charge is -2.19. The lowest BCUT2D eigenvalue weighted by molar-refractivity contribution is 0.0523. The summed E-state index contributed by atoms with van der Waals surface area (Å²) in [7, 11) is 0. The summed E-state index contributed by atoms with van der Waals surface area (Å²) in [4.78, 5) is 15.7. The summed E-state index contributed by atoms with van der Waals surface area (Å²) < 4.78 is 5.93. The maximum absolute atomic E-state index is 11.4. The third-order valence-electron chi connectivity index (χ3n) is 1.98. The van der Waals surface area contributed by atoms with Crippen molar-refractivity contribution in [1.82, 2.24) is 10.3 Å². The number of nitrogens with one attached hydrogen (secondary N) is 1. The lowest BCUT2D eigenvalue weighted by atomic mass is 10.2. The van der Waals surface area contributed by atoms with Crippen LogP contribution in [-0.2, 0) is 11.3 Å². The van der Waals surface area contributed by atoms with Crippen molar-refractivity contribution >= 4 is 22.0 Å². The molecule has 1 amide bonds. The number of alkyl carbamates (subject to hydrolysis) is 1. The van der Waals surface area contributed by atoms with Crippen LogP contribution in [0.15, 0.2) is 16.7 Å². The van der Waals surface area contributed by atoms with Gasteiger partial charge < -0.3 is 10.1 Å². The molecule has 1 heterocycles. The highest BCUT2D eigenvalue weighted by Gasteiger charge is 2.15. The number of aromatic nitrogens is 1. The largest absolute Gasteiger partial charge is 0.444 e. The molecular formula is C12H17BrN2O2. The van der Waals surface area contributed by atoms with Gasteiger partial charge in [0, 0.05) is 12.2 Å². The maximum Gasteiger partial charge on any atom is 0.407 e.